The van der Waals surface area contributed by atoms with E-state index < -0.39 is 23.9 Å². The van der Waals surface area contributed by atoms with E-state index in [2.05, 4.69) is 10.6 Å². The molecule has 2 amide bonds. The number of carbonyl (C=O) groups excluding carboxylic acids is 2. The summed E-state index contributed by atoms with van der Waals surface area (Å²) in [6.45, 7) is 5.53. The van der Waals surface area contributed by atoms with Crippen LogP contribution in [0, 0.1) is 11.7 Å². The fourth-order valence-electron chi connectivity index (χ4n) is 1.60. The van der Waals surface area contributed by atoms with Crippen molar-refractivity contribution < 1.29 is 18.7 Å². The van der Waals surface area contributed by atoms with Gasteiger partial charge in [0.1, 0.15) is 11.9 Å². The predicted molar refractivity (Wildman–Crippen MR) is 73.8 cm³/mol. The van der Waals surface area contributed by atoms with Gasteiger partial charge in [-0.05, 0) is 31.0 Å². The Morgan fingerprint density at radius 1 is 1.35 bits per heavy atom. The summed E-state index contributed by atoms with van der Waals surface area (Å²) in [5.41, 5.74) is 0.314. The summed E-state index contributed by atoms with van der Waals surface area (Å²) in [7, 11) is 0. The van der Waals surface area contributed by atoms with Gasteiger partial charge in [0.05, 0.1) is 6.61 Å². The summed E-state index contributed by atoms with van der Waals surface area (Å²) in [6.07, 6.45) is 0. The van der Waals surface area contributed by atoms with Crippen molar-refractivity contribution in [2.24, 2.45) is 5.92 Å². The first-order valence-corrected chi connectivity index (χ1v) is 6.43. The summed E-state index contributed by atoms with van der Waals surface area (Å²) in [4.78, 5) is 23.5. The molecule has 6 heteroatoms. The second-order valence-corrected chi connectivity index (χ2v) is 4.58. The molecule has 1 aromatic carbocycles. The summed E-state index contributed by atoms with van der Waals surface area (Å²) in [6, 6.07) is 4.17. The lowest BCUT2D eigenvalue weighted by atomic mass is 10.1. The number of anilines is 1. The number of urea groups is 1. The van der Waals surface area contributed by atoms with Crippen LogP contribution in [0.5, 0.6) is 0 Å². The molecule has 2 N–H and O–H groups in total. The van der Waals surface area contributed by atoms with E-state index in [1.54, 1.807) is 26.8 Å². The highest BCUT2D eigenvalue weighted by Crippen LogP contribution is 2.10. The van der Waals surface area contributed by atoms with Gasteiger partial charge in [-0.25, -0.2) is 14.0 Å². The maximum absolute atomic E-state index is 13.0. The number of nitrogens with one attached hydrogen (secondary N) is 2. The lowest BCUT2D eigenvalue weighted by Gasteiger charge is -2.20. The molecule has 0 aliphatic rings. The van der Waals surface area contributed by atoms with Gasteiger partial charge in [-0.3, -0.25) is 0 Å². The number of benzene rings is 1. The van der Waals surface area contributed by atoms with E-state index in [1.807, 2.05) is 0 Å². The van der Waals surface area contributed by atoms with Crippen LogP contribution < -0.4 is 10.6 Å². The first-order chi connectivity index (χ1) is 9.43. The van der Waals surface area contributed by atoms with E-state index in [0.29, 0.717) is 5.69 Å². The lowest BCUT2D eigenvalue weighted by Crippen LogP contribution is -2.47. The number of amides is 2. The van der Waals surface area contributed by atoms with Crippen molar-refractivity contribution in [3.63, 3.8) is 0 Å². The van der Waals surface area contributed by atoms with Crippen molar-refractivity contribution in [1.29, 1.82) is 0 Å². The van der Waals surface area contributed by atoms with Gasteiger partial charge < -0.3 is 15.4 Å². The second-order valence-electron chi connectivity index (χ2n) is 4.58. The number of rotatable bonds is 5. The zero-order valence-electron chi connectivity index (χ0n) is 11.8. The fourth-order valence-corrected chi connectivity index (χ4v) is 1.60. The Bertz CT molecular complexity index is 477. The molecule has 0 fully saturated rings. The van der Waals surface area contributed by atoms with E-state index in [-0.39, 0.29) is 12.5 Å². The topological polar surface area (TPSA) is 67.4 Å². The molecule has 5 nitrogen and oxygen atoms in total. The number of hydrogen-bond donors (Lipinski definition) is 2. The first kappa shape index (κ1) is 15.9. The third-order valence-electron chi connectivity index (χ3n) is 2.58. The van der Waals surface area contributed by atoms with E-state index in [1.165, 1.54) is 18.2 Å². The van der Waals surface area contributed by atoms with Gasteiger partial charge in [-0.2, -0.15) is 0 Å². The molecule has 1 rings (SSSR count). The summed E-state index contributed by atoms with van der Waals surface area (Å²) in [5.74, 6) is -1.06. The molecule has 0 saturated carbocycles. The normalized spacial score (nSPS) is 11.8. The molecule has 0 aliphatic heterocycles. The van der Waals surface area contributed by atoms with Crippen molar-refractivity contribution in [3.8, 4) is 0 Å². The summed E-state index contributed by atoms with van der Waals surface area (Å²) in [5, 5.41) is 4.99. The van der Waals surface area contributed by atoms with Gasteiger partial charge in [-0.15, -0.1) is 0 Å². The van der Waals surface area contributed by atoms with E-state index in [0.717, 1.165) is 0 Å². The lowest BCUT2D eigenvalue weighted by molar-refractivity contribution is -0.146. The van der Waals surface area contributed by atoms with Gasteiger partial charge in [0, 0.05) is 5.69 Å². The third-order valence-corrected chi connectivity index (χ3v) is 2.58. The molecule has 1 atom stereocenters. The number of halogens is 1. The van der Waals surface area contributed by atoms with Crippen LogP contribution in [-0.2, 0) is 9.53 Å². The highest BCUT2D eigenvalue weighted by Gasteiger charge is 2.25. The van der Waals surface area contributed by atoms with Crippen molar-refractivity contribution in [3.05, 3.63) is 30.1 Å². The Morgan fingerprint density at radius 2 is 2.05 bits per heavy atom. The molecular weight excluding hydrogens is 263 g/mol. The molecule has 1 unspecified atom stereocenters. The first-order valence-electron chi connectivity index (χ1n) is 6.43. The zero-order chi connectivity index (χ0) is 15.1. The molecule has 0 aromatic heterocycles. The maximum Gasteiger partial charge on any atom is 0.328 e. The van der Waals surface area contributed by atoms with Crippen LogP contribution in [0.3, 0.4) is 0 Å². The van der Waals surface area contributed by atoms with Gasteiger partial charge in [-0.1, -0.05) is 19.9 Å². The molecular formula is C14H19FN2O3. The van der Waals surface area contributed by atoms with Crippen LogP contribution in [0.2, 0.25) is 0 Å². The predicted octanol–water partition coefficient (Wildman–Crippen LogP) is 2.53. The van der Waals surface area contributed by atoms with E-state index in [4.69, 9.17) is 4.74 Å². The van der Waals surface area contributed by atoms with Crippen molar-refractivity contribution in [2.75, 3.05) is 11.9 Å². The third kappa shape index (κ3) is 4.87. The molecule has 0 radical (unpaired) electrons. The Hall–Kier alpha value is -2.11. The van der Waals surface area contributed by atoms with Crippen LogP contribution in [0.4, 0.5) is 14.9 Å². The van der Waals surface area contributed by atoms with Crippen molar-refractivity contribution >= 4 is 17.7 Å². The molecule has 1 aromatic rings. The van der Waals surface area contributed by atoms with Crippen molar-refractivity contribution in [2.45, 2.75) is 26.8 Å². The van der Waals surface area contributed by atoms with Crippen molar-refractivity contribution in [1.82, 2.24) is 5.32 Å². The second kappa shape index (κ2) is 7.47. The highest BCUT2D eigenvalue weighted by molar-refractivity contribution is 5.92. The van der Waals surface area contributed by atoms with E-state index in [9.17, 15) is 14.0 Å². The Morgan fingerprint density at radius 3 is 2.60 bits per heavy atom. The minimum atomic E-state index is -0.747. The van der Waals surface area contributed by atoms with Gasteiger partial charge in [0.2, 0.25) is 0 Å². The highest BCUT2D eigenvalue weighted by atomic mass is 19.1. The number of ether oxygens (including phenoxy) is 1. The molecule has 0 saturated heterocycles. The molecule has 0 aliphatic carbocycles. The average molecular weight is 282 g/mol. The SMILES string of the molecule is CCOC(=O)C(NC(=O)Nc1cccc(F)c1)C(C)C. The van der Waals surface area contributed by atoms with Gasteiger partial charge >= 0.3 is 12.0 Å². The van der Waals surface area contributed by atoms with Crippen LogP contribution in [-0.4, -0.2) is 24.6 Å². The quantitative estimate of drug-likeness (QED) is 0.815. The van der Waals surface area contributed by atoms with Gasteiger partial charge in [0.15, 0.2) is 0 Å². The van der Waals surface area contributed by atoms with Crippen LogP contribution in [0.1, 0.15) is 20.8 Å². The minimum Gasteiger partial charge on any atom is -0.464 e. The maximum atomic E-state index is 13.0. The Balaban J connectivity index is 2.65. The Labute approximate surface area is 117 Å². The average Bonchev–Trinajstić information content (AvgIpc) is 2.35. The standard InChI is InChI=1S/C14H19FN2O3/c1-4-20-13(18)12(9(2)3)17-14(19)16-11-7-5-6-10(15)8-11/h5-9,12H,4H2,1-3H3,(H2,16,17,19). The smallest absolute Gasteiger partial charge is 0.328 e. The monoisotopic (exact) mass is 282 g/mol. The van der Waals surface area contributed by atoms with E-state index >= 15 is 0 Å². The Kier molecular flexibility index (Phi) is 5.96. The summed E-state index contributed by atoms with van der Waals surface area (Å²) < 4.78 is 17.9. The molecule has 0 heterocycles. The minimum absolute atomic E-state index is 0.118. The van der Waals surface area contributed by atoms with Crippen LogP contribution in [0.25, 0.3) is 0 Å². The number of carbonyl (C=O) groups is 2. The van der Waals surface area contributed by atoms with Gasteiger partial charge in [0.25, 0.3) is 0 Å². The summed E-state index contributed by atoms with van der Waals surface area (Å²) >= 11 is 0. The largest absolute Gasteiger partial charge is 0.464 e. The zero-order valence-corrected chi connectivity index (χ0v) is 11.8. The molecule has 0 spiro atoms. The number of hydrogen-bond acceptors (Lipinski definition) is 3. The van der Waals surface area contributed by atoms with Crippen LogP contribution >= 0.6 is 0 Å². The molecule has 20 heavy (non-hydrogen) atoms. The fraction of sp³-hybridized carbons (Fsp3) is 0.429. The molecule has 0 bridgehead atoms. The van der Waals surface area contributed by atoms with Crippen LogP contribution in [0.15, 0.2) is 24.3 Å². The molecule has 110 valence electrons. The number of esters is 1.